The third kappa shape index (κ3) is 4.28. The van der Waals surface area contributed by atoms with E-state index < -0.39 is 42.4 Å². The van der Waals surface area contributed by atoms with Gasteiger partial charge in [0.1, 0.15) is 0 Å². The summed E-state index contributed by atoms with van der Waals surface area (Å²) in [4.78, 5) is 34.9. The normalized spacial score (nSPS) is 24.6. The van der Waals surface area contributed by atoms with E-state index in [-0.39, 0.29) is 6.61 Å². The van der Waals surface area contributed by atoms with Gasteiger partial charge < -0.3 is 23.5 Å². The van der Waals surface area contributed by atoms with Gasteiger partial charge in [0.15, 0.2) is 24.5 Å². The van der Waals surface area contributed by atoms with E-state index in [0.29, 0.717) is 5.02 Å². The topological polar surface area (TPSA) is 93.1 Å². The van der Waals surface area contributed by atoms with E-state index >= 15 is 0 Å². The van der Waals surface area contributed by atoms with Crippen LogP contribution < -0.4 is 0 Å². The van der Waals surface area contributed by atoms with E-state index in [1.54, 1.807) is 22.9 Å². The Bertz CT molecular complexity index is 909. The van der Waals surface area contributed by atoms with E-state index in [2.05, 4.69) is 0 Å². The number of rotatable bonds is 4. The van der Waals surface area contributed by atoms with Gasteiger partial charge in [-0.1, -0.05) is 17.7 Å². The van der Waals surface area contributed by atoms with Crippen LogP contribution in [-0.2, 0) is 33.3 Å². The van der Waals surface area contributed by atoms with Gasteiger partial charge in [-0.15, -0.1) is 0 Å². The fraction of sp³-hybridized carbons (Fsp3) is 0.421. The van der Waals surface area contributed by atoms with E-state index in [4.69, 9.17) is 30.5 Å². The van der Waals surface area contributed by atoms with Gasteiger partial charge in [0.2, 0.25) is 0 Å². The van der Waals surface area contributed by atoms with Crippen LogP contribution in [0, 0.1) is 0 Å². The number of halogens is 1. The van der Waals surface area contributed by atoms with Crippen molar-refractivity contribution < 1.29 is 33.3 Å². The molecule has 1 saturated heterocycles. The molecule has 0 N–H and O–H groups in total. The number of carbonyl (C=O) groups is 3. The van der Waals surface area contributed by atoms with Crippen LogP contribution in [0.3, 0.4) is 0 Å². The van der Waals surface area contributed by atoms with Gasteiger partial charge in [0.05, 0.1) is 12.1 Å². The van der Waals surface area contributed by atoms with Crippen LogP contribution in [0.2, 0.25) is 5.02 Å². The summed E-state index contributed by atoms with van der Waals surface area (Å²) in [5, 5.41) is 1.43. The monoisotopic (exact) mass is 409 g/mol. The molecule has 0 unspecified atom stereocenters. The van der Waals surface area contributed by atoms with Gasteiger partial charge in [-0.2, -0.15) is 0 Å². The van der Waals surface area contributed by atoms with Crippen molar-refractivity contribution in [3.8, 4) is 0 Å². The SMILES string of the molecule is CC(=O)O[C@@H]1[C@@H](OC(C)=O)[C@H](OC(C)=O)CO[C@H]1n1ccc2ccc(Cl)cc21. The molecule has 0 spiro atoms. The maximum Gasteiger partial charge on any atom is 0.303 e. The van der Waals surface area contributed by atoms with Gasteiger partial charge in [0.25, 0.3) is 0 Å². The summed E-state index contributed by atoms with van der Waals surface area (Å²) in [7, 11) is 0. The highest BCUT2D eigenvalue weighted by molar-refractivity contribution is 6.31. The van der Waals surface area contributed by atoms with Gasteiger partial charge in [0, 0.05) is 32.0 Å². The number of carbonyl (C=O) groups excluding carboxylic acids is 3. The molecule has 9 heteroatoms. The number of ether oxygens (including phenoxy) is 4. The second kappa shape index (κ2) is 8.20. The Morgan fingerprint density at radius 3 is 2.29 bits per heavy atom. The second-order valence-electron chi connectivity index (χ2n) is 6.45. The van der Waals surface area contributed by atoms with E-state index in [9.17, 15) is 14.4 Å². The molecule has 28 heavy (non-hydrogen) atoms. The quantitative estimate of drug-likeness (QED) is 0.566. The molecule has 4 atom stereocenters. The molecular formula is C19H20ClNO7. The summed E-state index contributed by atoms with van der Waals surface area (Å²) < 4.78 is 23.7. The number of nitrogens with zero attached hydrogens (tertiary/aromatic N) is 1. The van der Waals surface area contributed by atoms with Crippen molar-refractivity contribution in [1.29, 1.82) is 0 Å². The lowest BCUT2D eigenvalue weighted by molar-refractivity contribution is -0.239. The van der Waals surface area contributed by atoms with Crippen LogP contribution in [0.15, 0.2) is 30.5 Å². The molecule has 1 aliphatic heterocycles. The summed E-state index contributed by atoms with van der Waals surface area (Å²) in [6.45, 7) is 3.66. The van der Waals surface area contributed by atoms with E-state index in [1.807, 2.05) is 12.1 Å². The molecule has 2 aromatic rings. The maximum atomic E-state index is 11.7. The minimum absolute atomic E-state index is 0.0415. The fourth-order valence-electron chi connectivity index (χ4n) is 3.31. The van der Waals surface area contributed by atoms with Crippen molar-refractivity contribution in [2.75, 3.05) is 6.61 Å². The van der Waals surface area contributed by atoms with Crippen molar-refractivity contribution in [1.82, 2.24) is 4.57 Å². The lowest BCUT2D eigenvalue weighted by Gasteiger charge is -2.41. The van der Waals surface area contributed by atoms with Crippen LogP contribution in [-0.4, -0.2) is 47.4 Å². The molecule has 0 saturated carbocycles. The lowest BCUT2D eigenvalue weighted by Crippen LogP contribution is -2.55. The molecule has 3 rings (SSSR count). The Balaban J connectivity index is 2.03. The van der Waals surface area contributed by atoms with Crippen molar-refractivity contribution in [2.24, 2.45) is 0 Å². The van der Waals surface area contributed by atoms with Crippen molar-refractivity contribution >= 4 is 40.4 Å². The predicted octanol–water partition coefficient (Wildman–Crippen LogP) is 2.62. The highest BCUT2D eigenvalue weighted by Gasteiger charge is 2.47. The molecular weight excluding hydrogens is 390 g/mol. The highest BCUT2D eigenvalue weighted by Crippen LogP contribution is 2.34. The zero-order valence-electron chi connectivity index (χ0n) is 15.6. The zero-order chi connectivity index (χ0) is 20.4. The van der Waals surface area contributed by atoms with Crippen LogP contribution in [0.25, 0.3) is 10.9 Å². The van der Waals surface area contributed by atoms with E-state index in [0.717, 1.165) is 10.9 Å². The van der Waals surface area contributed by atoms with Crippen LogP contribution in [0.5, 0.6) is 0 Å². The smallest absolute Gasteiger partial charge is 0.303 e. The average molecular weight is 410 g/mol. The van der Waals surface area contributed by atoms with Crippen molar-refractivity contribution in [3.63, 3.8) is 0 Å². The minimum Gasteiger partial charge on any atom is -0.456 e. The molecule has 1 fully saturated rings. The summed E-state index contributed by atoms with van der Waals surface area (Å²) in [6, 6.07) is 7.23. The Hall–Kier alpha value is -2.58. The van der Waals surface area contributed by atoms with Gasteiger partial charge >= 0.3 is 17.9 Å². The standard InChI is InChI=1S/C19H20ClNO7/c1-10(22)26-16-9-25-19(18(28-12(3)24)17(16)27-11(2)23)21-7-6-13-4-5-14(20)8-15(13)21/h4-8,16-19H,9H2,1-3H3/t16-,17+,18-,19-/m1/s1. The van der Waals surface area contributed by atoms with Gasteiger partial charge in [-0.05, 0) is 23.6 Å². The fourth-order valence-corrected chi connectivity index (χ4v) is 3.47. The van der Waals surface area contributed by atoms with Crippen LogP contribution in [0.1, 0.15) is 27.0 Å². The predicted molar refractivity (Wildman–Crippen MR) is 98.6 cm³/mol. The number of benzene rings is 1. The Kier molecular flexibility index (Phi) is 5.90. The first-order chi connectivity index (χ1) is 13.3. The molecule has 150 valence electrons. The number of hydrogen-bond donors (Lipinski definition) is 0. The average Bonchev–Trinajstić information content (AvgIpc) is 2.99. The molecule has 1 aromatic carbocycles. The Labute approximate surface area is 166 Å². The third-order valence-electron chi connectivity index (χ3n) is 4.28. The van der Waals surface area contributed by atoms with Gasteiger partial charge in [-0.3, -0.25) is 14.4 Å². The van der Waals surface area contributed by atoms with Crippen molar-refractivity contribution in [2.45, 2.75) is 45.3 Å². The lowest BCUT2D eigenvalue weighted by atomic mass is 10.0. The van der Waals surface area contributed by atoms with Crippen molar-refractivity contribution in [3.05, 3.63) is 35.5 Å². The third-order valence-corrected chi connectivity index (χ3v) is 4.52. The molecule has 0 bridgehead atoms. The molecule has 0 amide bonds. The summed E-state index contributed by atoms with van der Waals surface area (Å²) in [5.41, 5.74) is 0.752. The molecule has 1 aromatic heterocycles. The highest BCUT2D eigenvalue weighted by atomic mass is 35.5. The van der Waals surface area contributed by atoms with Gasteiger partial charge in [-0.25, -0.2) is 0 Å². The Morgan fingerprint density at radius 1 is 1.00 bits per heavy atom. The summed E-state index contributed by atoms with van der Waals surface area (Å²) >= 11 is 6.12. The number of aromatic nitrogens is 1. The zero-order valence-corrected chi connectivity index (χ0v) is 16.3. The molecule has 2 heterocycles. The molecule has 0 radical (unpaired) electrons. The first-order valence-corrected chi connectivity index (χ1v) is 9.03. The number of hydrogen-bond acceptors (Lipinski definition) is 7. The van der Waals surface area contributed by atoms with Crippen LogP contribution >= 0.6 is 11.6 Å². The first-order valence-electron chi connectivity index (χ1n) is 8.65. The molecule has 8 nitrogen and oxygen atoms in total. The number of esters is 3. The maximum absolute atomic E-state index is 11.7. The summed E-state index contributed by atoms with van der Waals surface area (Å²) in [5.74, 6) is -1.75. The number of fused-ring (bicyclic) bond motifs is 1. The molecule has 0 aliphatic carbocycles. The Morgan fingerprint density at radius 2 is 1.64 bits per heavy atom. The van der Waals surface area contributed by atoms with Crippen LogP contribution in [0.4, 0.5) is 0 Å². The second-order valence-corrected chi connectivity index (χ2v) is 6.88. The molecule has 1 aliphatic rings. The minimum atomic E-state index is -1.03. The largest absolute Gasteiger partial charge is 0.456 e. The van der Waals surface area contributed by atoms with E-state index in [1.165, 1.54) is 20.8 Å². The first kappa shape index (κ1) is 20.2. The summed E-state index contributed by atoms with van der Waals surface area (Å²) in [6.07, 6.45) is -2.02.